The number of methoxy groups -OCH3 is 1. The number of anilines is 1. The molecule has 2 atom stereocenters. The van der Waals surface area contributed by atoms with Gasteiger partial charge in [-0.05, 0) is 0 Å². The molecule has 2 saturated heterocycles. The fraction of sp³-hybridized carbons (Fsp3) is 0.688. The zero-order valence-corrected chi connectivity index (χ0v) is 14.3. The predicted molar refractivity (Wildman–Crippen MR) is 89.0 cm³/mol. The van der Waals surface area contributed by atoms with Crippen LogP contribution in [0.25, 0.3) is 0 Å². The lowest BCUT2D eigenvalue weighted by molar-refractivity contribution is -0.142. The molecule has 138 valence electrons. The maximum Gasteiger partial charge on any atom is 0.309 e. The summed E-state index contributed by atoms with van der Waals surface area (Å²) in [6.07, 6.45) is 2.35. The average molecular weight is 353 g/mol. The lowest BCUT2D eigenvalue weighted by Crippen LogP contribution is -2.56. The Bertz CT molecular complexity index is 588. The molecule has 0 aliphatic carbocycles. The molecule has 3 heterocycles. The largest absolute Gasteiger partial charge is 0.481 e. The maximum absolute atomic E-state index is 13.0. The summed E-state index contributed by atoms with van der Waals surface area (Å²) in [5.41, 5.74) is 0. The van der Waals surface area contributed by atoms with Gasteiger partial charge in [0.05, 0.1) is 24.9 Å². The molecule has 2 aliphatic heterocycles. The minimum absolute atomic E-state index is 0.184. The van der Waals surface area contributed by atoms with Crippen molar-refractivity contribution in [2.75, 3.05) is 64.4 Å². The summed E-state index contributed by atoms with van der Waals surface area (Å²) < 4.78 is 18.2. The first-order chi connectivity index (χ1) is 12.1. The summed E-state index contributed by atoms with van der Waals surface area (Å²) in [6, 6.07) is 0.184. The van der Waals surface area contributed by atoms with E-state index in [0.29, 0.717) is 45.3 Å². The number of carbonyl (C=O) groups is 1. The molecular weight excluding hydrogens is 329 g/mol. The third-order valence-electron chi connectivity index (χ3n) is 4.86. The lowest BCUT2D eigenvalue weighted by Gasteiger charge is -2.41. The minimum Gasteiger partial charge on any atom is -0.481 e. The van der Waals surface area contributed by atoms with E-state index < -0.39 is 17.7 Å². The number of fused-ring (bicyclic) bond motifs is 1. The van der Waals surface area contributed by atoms with Crippen molar-refractivity contribution in [2.45, 2.75) is 6.04 Å². The van der Waals surface area contributed by atoms with E-state index in [1.807, 2.05) is 4.90 Å². The summed E-state index contributed by atoms with van der Waals surface area (Å²) in [4.78, 5) is 26.1. The molecule has 1 aromatic heterocycles. The van der Waals surface area contributed by atoms with Gasteiger partial charge in [0.2, 0.25) is 5.95 Å². The molecule has 3 rings (SSSR count). The number of hydrogen-bond donors (Lipinski definition) is 1. The topological polar surface area (TPSA) is 82.0 Å². The number of carboxylic acids is 1. The fourth-order valence-corrected chi connectivity index (χ4v) is 3.54. The molecule has 0 radical (unpaired) electrons. The highest BCUT2D eigenvalue weighted by Crippen LogP contribution is 2.21. The van der Waals surface area contributed by atoms with Crippen molar-refractivity contribution in [1.82, 2.24) is 19.8 Å². The number of hydrogen-bond acceptors (Lipinski definition) is 7. The van der Waals surface area contributed by atoms with E-state index in [1.165, 1.54) is 12.4 Å². The van der Waals surface area contributed by atoms with Crippen LogP contribution in [0.3, 0.4) is 0 Å². The Labute approximate surface area is 146 Å². The van der Waals surface area contributed by atoms with Crippen molar-refractivity contribution < 1.29 is 19.0 Å². The van der Waals surface area contributed by atoms with Crippen molar-refractivity contribution >= 4 is 11.9 Å². The highest BCUT2D eigenvalue weighted by molar-refractivity contribution is 5.70. The number of aliphatic carboxylic acids is 1. The number of rotatable bonds is 5. The molecule has 0 bridgehead atoms. The zero-order valence-electron chi connectivity index (χ0n) is 14.3. The van der Waals surface area contributed by atoms with Gasteiger partial charge in [0, 0.05) is 59.0 Å². The van der Waals surface area contributed by atoms with E-state index in [-0.39, 0.29) is 6.04 Å². The monoisotopic (exact) mass is 353 g/mol. The molecule has 9 heteroatoms. The Morgan fingerprint density at radius 3 is 2.72 bits per heavy atom. The van der Waals surface area contributed by atoms with Crippen LogP contribution in [-0.4, -0.2) is 96.4 Å². The summed E-state index contributed by atoms with van der Waals surface area (Å²) in [6.45, 7) is 5.26. The molecule has 1 aromatic rings. The second-order valence-electron chi connectivity index (χ2n) is 6.58. The van der Waals surface area contributed by atoms with Gasteiger partial charge in [0.15, 0.2) is 5.82 Å². The summed E-state index contributed by atoms with van der Waals surface area (Å²) in [5, 5.41) is 9.50. The van der Waals surface area contributed by atoms with Gasteiger partial charge in [0.25, 0.3) is 0 Å². The van der Waals surface area contributed by atoms with Crippen molar-refractivity contribution in [3.05, 3.63) is 18.2 Å². The standard InChI is InChI=1S/C16H24FN5O3/c1-25-5-4-20-8-12(15(23)24)9-21-2-3-22(11-14(21)10-20)16-18-6-13(17)7-19-16/h6-7,12,14H,2-5,8-11H2,1H3,(H,23,24)/t12-,14+/m1/s1. The Morgan fingerprint density at radius 1 is 1.28 bits per heavy atom. The number of carboxylic acid groups (broad SMARTS) is 1. The van der Waals surface area contributed by atoms with E-state index in [1.54, 1.807) is 7.11 Å². The van der Waals surface area contributed by atoms with Crippen LogP contribution in [0.2, 0.25) is 0 Å². The van der Waals surface area contributed by atoms with Gasteiger partial charge >= 0.3 is 5.97 Å². The van der Waals surface area contributed by atoms with Crippen LogP contribution < -0.4 is 4.90 Å². The molecule has 2 fully saturated rings. The number of ether oxygens (including phenoxy) is 1. The molecule has 8 nitrogen and oxygen atoms in total. The van der Waals surface area contributed by atoms with E-state index >= 15 is 0 Å². The molecule has 0 aromatic carbocycles. The zero-order chi connectivity index (χ0) is 17.8. The van der Waals surface area contributed by atoms with Gasteiger partial charge in [-0.2, -0.15) is 0 Å². The Kier molecular flexibility index (Phi) is 5.77. The lowest BCUT2D eigenvalue weighted by atomic mass is 10.1. The SMILES string of the molecule is COCCN1C[C@@H](C(=O)O)CN2CCN(c3ncc(F)cn3)C[C@@H]2C1. The number of aromatic nitrogens is 2. The highest BCUT2D eigenvalue weighted by Gasteiger charge is 2.36. The molecular formula is C16H24FN5O3. The predicted octanol–water partition coefficient (Wildman–Crippen LogP) is -0.231. The normalized spacial score (nSPS) is 25.4. The fourth-order valence-electron chi connectivity index (χ4n) is 3.54. The second-order valence-corrected chi connectivity index (χ2v) is 6.58. The number of halogens is 1. The summed E-state index contributed by atoms with van der Waals surface area (Å²) >= 11 is 0. The number of piperazine rings is 1. The van der Waals surface area contributed by atoms with Gasteiger partial charge < -0.3 is 14.7 Å². The van der Waals surface area contributed by atoms with Crippen molar-refractivity contribution in [1.29, 1.82) is 0 Å². The number of nitrogens with zero attached hydrogens (tertiary/aromatic N) is 5. The van der Waals surface area contributed by atoms with Crippen LogP contribution in [0.5, 0.6) is 0 Å². The van der Waals surface area contributed by atoms with Crippen molar-refractivity contribution in [2.24, 2.45) is 5.92 Å². The Morgan fingerprint density at radius 2 is 2.04 bits per heavy atom. The summed E-state index contributed by atoms with van der Waals surface area (Å²) in [5.74, 6) is -1.10. The first-order valence-electron chi connectivity index (χ1n) is 8.47. The summed E-state index contributed by atoms with van der Waals surface area (Å²) in [7, 11) is 1.65. The van der Waals surface area contributed by atoms with E-state index in [0.717, 1.165) is 13.1 Å². The van der Waals surface area contributed by atoms with E-state index in [2.05, 4.69) is 19.8 Å². The molecule has 1 N–H and O–H groups in total. The third kappa shape index (κ3) is 4.42. The van der Waals surface area contributed by atoms with E-state index in [4.69, 9.17) is 4.74 Å². The Hall–Kier alpha value is -1.84. The smallest absolute Gasteiger partial charge is 0.309 e. The minimum atomic E-state index is -0.757. The van der Waals surface area contributed by atoms with Gasteiger partial charge in [-0.25, -0.2) is 14.4 Å². The quantitative estimate of drug-likeness (QED) is 0.777. The molecule has 0 unspecified atom stereocenters. The molecule has 2 aliphatic rings. The maximum atomic E-state index is 13.0. The van der Waals surface area contributed by atoms with Gasteiger partial charge in [-0.3, -0.25) is 14.6 Å². The Balaban J connectivity index is 1.72. The van der Waals surface area contributed by atoms with Crippen LogP contribution in [0.1, 0.15) is 0 Å². The molecule has 0 spiro atoms. The second kappa shape index (κ2) is 8.03. The van der Waals surface area contributed by atoms with Crippen LogP contribution in [0.4, 0.5) is 10.3 Å². The van der Waals surface area contributed by atoms with Crippen LogP contribution >= 0.6 is 0 Å². The third-order valence-corrected chi connectivity index (χ3v) is 4.86. The van der Waals surface area contributed by atoms with E-state index in [9.17, 15) is 14.3 Å². The average Bonchev–Trinajstić information content (AvgIpc) is 2.79. The van der Waals surface area contributed by atoms with Gasteiger partial charge in [-0.15, -0.1) is 0 Å². The van der Waals surface area contributed by atoms with Crippen molar-refractivity contribution in [3.8, 4) is 0 Å². The molecule has 0 saturated carbocycles. The van der Waals surface area contributed by atoms with Gasteiger partial charge in [0.1, 0.15) is 0 Å². The van der Waals surface area contributed by atoms with Crippen LogP contribution in [0, 0.1) is 11.7 Å². The van der Waals surface area contributed by atoms with Crippen LogP contribution in [0.15, 0.2) is 12.4 Å². The van der Waals surface area contributed by atoms with Gasteiger partial charge in [-0.1, -0.05) is 0 Å². The first-order valence-corrected chi connectivity index (χ1v) is 8.47. The van der Waals surface area contributed by atoms with Crippen molar-refractivity contribution in [3.63, 3.8) is 0 Å². The van der Waals surface area contributed by atoms with Crippen LogP contribution in [-0.2, 0) is 9.53 Å². The first kappa shape index (κ1) is 18.0. The molecule has 25 heavy (non-hydrogen) atoms. The highest BCUT2D eigenvalue weighted by atomic mass is 19.1. The molecule has 0 amide bonds.